The van der Waals surface area contributed by atoms with Gasteiger partial charge in [-0.25, -0.2) is 4.39 Å². The number of hydrogen-bond acceptors (Lipinski definition) is 2. The average Bonchev–Trinajstić information content (AvgIpc) is 2.28. The van der Waals surface area contributed by atoms with E-state index in [1.165, 1.54) is 12.1 Å². The highest BCUT2D eigenvalue weighted by Gasteiger charge is 2.10. The summed E-state index contributed by atoms with van der Waals surface area (Å²) >= 11 is 0. The van der Waals surface area contributed by atoms with E-state index in [1.54, 1.807) is 12.1 Å². The predicted molar refractivity (Wildman–Crippen MR) is 61.4 cm³/mol. The van der Waals surface area contributed by atoms with E-state index in [4.69, 9.17) is 5.73 Å². The van der Waals surface area contributed by atoms with Crippen molar-refractivity contribution in [2.24, 2.45) is 5.73 Å². The van der Waals surface area contributed by atoms with Crippen LogP contribution >= 0.6 is 0 Å². The number of hydrogen-bond donors (Lipinski definition) is 1. The minimum absolute atomic E-state index is 0.277. The molecule has 3 heteroatoms. The van der Waals surface area contributed by atoms with Crippen molar-refractivity contribution in [3.05, 3.63) is 65.2 Å². The van der Waals surface area contributed by atoms with Gasteiger partial charge in [-0.05, 0) is 36.8 Å². The molecule has 2 aromatic rings. The first-order valence-electron chi connectivity index (χ1n) is 5.11. The third kappa shape index (κ3) is 2.25. The molecule has 1 atom stereocenters. The Bertz CT molecular complexity index is 451. The first kappa shape index (κ1) is 10.8. The molecule has 0 aliphatic rings. The second-order valence-electron chi connectivity index (χ2n) is 3.74. The zero-order chi connectivity index (χ0) is 11.5. The number of aryl methyl sites for hydroxylation is 1. The largest absolute Gasteiger partial charge is 0.319 e. The van der Waals surface area contributed by atoms with Crippen LogP contribution in [-0.4, -0.2) is 4.98 Å². The lowest BCUT2D eigenvalue weighted by atomic mass is 10.0. The fraction of sp³-hybridized carbons (Fsp3) is 0.154. The number of nitrogens with zero attached hydrogens (tertiary/aromatic N) is 1. The zero-order valence-electron chi connectivity index (χ0n) is 9.02. The van der Waals surface area contributed by atoms with Gasteiger partial charge in [-0.3, -0.25) is 4.98 Å². The third-order valence-corrected chi connectivity index (χ3v) is 2.44. The van der Waals surface area contributed by atoms with E-state index in [1.807, 2.05) is 25.1 Å². The molecule has 1 aromatic heterocycles. The van der Waals surface area contributed by atoms with Crippen LogP contribution in [0.4, 0.5) is 4.39 Å². The Morgan fingerprint density at radius 3 is 2.62 bits per heavy atom. The fourth-order valence-corrected chi connectivity index (χ4v) is 1.61. The van der Waals surface area contributed by atoms with Gasteiger partial charge in [0.15, 0.2) is 0 Å². The molecule has 0 saturated carbocycles. The van der Waals surface area contributed by atoms with E-state index in [0.29, 0.717) is 0 Å². The monoisotopic (exact) mass is 216 g/mol. The van der Waals surface area contributed by atoms with Crippen molar-refractivity contribution >= 4 is 0 Å². The highest BCUT2D eigenvalue weighted by Crippen LogP contribution is 2.18. The van der Waals surface area contributed by atoms with Gasteiger partial charge in [-0.2, -0.15) is 0 Å². The molecule has 0 radical (unpaired) electrons. The van der Waals surface area contributed by atoms with Crippen molar-refractivity contribution in [2.45, 2.75) is 13.0 Å². The second kappa shape index (κ2) is 4.41. The van der Waals surface area contributed by atoms with Crippen molar-refractivity contribution in [1.82, 2.24) is 4.98 Å². The number of pyridine rings is 1. The van der Waals surface area contributed by atoms with Crippen LogP contribution < -0.4 is 5.73 Å². The molecule has 2 N–H and O–H groups in total. The molecular formula is C13H13FN2. The van der Waals surface area contributed by atoms with Crippen LogP contribution in [0, 0.1) is 12.7 Å². The summed E-state index contributed by atoms with van der Waals surface area (Å²) in [5.74, 6) is -0.277. The lowest BCUT2D eigenvalue weighted by molar-refractivity contribution is 0.623. The van der Waals surface area contributed by atoms with E-state index >= 15 is 0 Å². The Morgan fingerprint density at radius 1 is 1.19 bits per heavy atom. The van der Waals surface area contributed by atoms with Gasteiger partial charge in [0.1, 0.15) is 5.82 Å². The fourth-order valence-electron chi connectivity index (χ4n) is 1.61. The number of aromatic nitrogens is 1. The molecule has 0 spiro atoms. The molecule has 2 nitrogen and oxygen atoms in total. The predicted octanol–water partition coefficient (Wildman–Crippen LogP) is 2.58. The van der Waals surface area contributed by atoms with Crippen LogP contribution in [0.5, 0.6) is 0 Å². The minimum Gasteiger partial charge on any atom is -0.319 e. The Morgan fingerprint density at radius 2 is 1.94 bits per heavy atom. The highest BCUT2D eigenvalue weighted by atomic mass is 19.1. The molecule has 1 aromatic carbocycles. The molecule has 0 fully saturated rings. The Balaban J connectivity index is 2.35. The molecule has 0 bridgehead atoms. The van der Waals surface area contributed by atoms with Crippen molar-refractivity contribution in [2.75, 3.05) is 0 Å². The lowest BCUT2D eigenvalue weighted by Crippen LogP contribution is -2.14. The number of benzene rings is 1. The molecule has 1 unspecified atom stereocenters. The molecule has 82 valence electrons. The minimum atomic E-state index is -0.379. The van der Waals surface area contributed by atoms with Crippen molar-refractivity contribution in [1.29, 1.82) is 0 Å². The van der Waals surface area contributed by atoms with Crippen LogP contribution in [0.1, 0.15) is 23.0 Å². The van der Waals surface area contributed by atoms with E-state index in [9.17, 15) is 4.39 Å². The smallest absolute Gasteiger partial charge is 0.123 e. The van der Waals surface area contributed by atoms with Crippen molar-refractivity contribution in [3.8, 4) is 0 Å². The molecule has 1 heterocycles. The molecule has 0 amide bonds. The van der Waals surface area contributed by atoms with Gasteiger partial charge < -0.3 is 5.73 Å². The topological polar surface area (TPSA) is 38.9 Å². The van der Waals surface area contributed by atoms with Crippen LogP contribution in [0.2, 0.25) is 0 Å². The van der Waals surface area contributed by atoms with E-state index < -0.39 is 0 Å². The van der Waals surface area contributed by atoms with Gasteiger partial charge in [0, 0.05) is 5.69 Å². The maximum atomic E-state index is 13.0. The number of nitrogens with two attached hydrogens (primary N) is 1. The van der Waals surface area contributed by atoms with Crippen LogP contribution in [0.15, 0.2) is 42.5 Å². The summed E-state index contributed by atoms with van der Waals surface area (Å²) in [6.07, 6.45) is 0. The number of halogens is 1. The summed E-state index contributed by atoms with van der Waals surface area (Å²) in [6, 6.07) is 11.6. The van der Waals surface area contributed by atoms with Gasteiger partial charge in [0.05, 0.1) is 11.7 Å². The first-order chi connectivity index (χ1) is 7.66. The molecule has 0 aliphatic heterocycles. The molecular weight excluding hydrogens is 203 g/mol. The van der Waals surface area contributed by atoms with Gasteiger partial charge in [-0.1, -0.05) is 18.2 Å². The van der Waals surface area contributed by atoms with Gasteiger partial charge in [0.2, 0.25) is 0 Å². The molecule has 0 saturated heterocycles. The summed E-state index contributed by atoms with van der Waals surface area (Å²) in [5.41, 5.74) is 8.42. The van der Waals surface area contributed by atoms with E-state index in [-0.39, 0.29) is 11.9 Å². The molecule has 0 aliphatic carbocycles. The molecule has 2 rings (SSSR count). The van der Waals surface area contributed by atoms with E-state index in [0.717, 1.165) is 17.0 Å². The Kier molecular flexibility index (Phi) is 2.97. The highest BCUT2D eigenvalue weighted by molar-refractivity contribution is 5.28. The first-order valence-corrected chi connectivity index (χ1v) is 5.11. The maximum absolute atomic E-state index is 13.0. The van der Waals surface area contributed by atoms with Crippen molar-refractivity contribution < 1.29 is 4.39 Å². The Hall–Kier alpha value is -1.74. The zero-order valence-corrected chi connectivity index (χ0v) is 9.02. The van der Waals surface area contributed by atoms with Gasteiger partial charge in [0.25, 0.3) is 0 Å². The normalized spacial score (nSPS) is 12.4. The summed E-state index contributed by atoms with van der Waals surface area (Å²) in [5, 5.41) is 0. The Labute approximate surface area is 93.9 Å². The summed E-state index contributed by atoms with van der Waals surface area (Å²) < 4.78 is 13.0. The SMILES string of the molecule is Cc1cccc(C(N)c2cccc(F)c2)n1. The van der Waals surface area contributed by atoms with Gasteiger partial charge >= 0.3 is 0 Å². The third-order valence-electron chi connectivity index (χ3n) is 2.44. The summed E-state index contributed by atoms with van der Waals surface area (Å²) in [6.45, 7) is 1.90. The average molecular weight is 216 g/mol. The van der Waals surface area contributed by atoms with Crippen molar-refractivity contribution in [3.63, 3.8) is 0 Å². The van der Waals surface area contributed by atoms with Crippen LogP contribution in [0.25, 0.3) is 0 Å². The maximum Gasteiger partial charge on any atom is 0.123 e. The quantitative estimate of drug-likeness (QED) is 0.838. The number of rotatable bonds is 2. The van der Waals surface area contributed by atoms with E-state index in [2.05, 4.69) is 4.98 Å². The lowest BCUT2D eigenvalue weighted by Gasteiger charge is -2.11. The standard InChI is InChI=1S/C13H13FN2/c1-9-4-2-7-12(16-9)13(15)10-5-3-6-11(14)8-10/h2-8,13H,15H2,1H3. The second-order valence-corrected chi connectivity index (χ2v) is 3.74. The van der Waals surface area contributed by atoms with Crippen LogP contribution in [-0.2, 0) is 0 Å². The summed E-state index contributed by atoms with van der Waals surface area (Å²) in [7, 11) is 0. The van der Waals surface area contributed by atoms with Gasteiger partial charge in [-0.15, -0.1) is 0 Å². The summed E-state index contributed by atoms with van der Waals surface area (Å²) in [4.78, 5) is 4.33. The van der Waals surface area contributed by atoms with Crippen LogP contribution in [0.3, 0.4) is 0 Å². The molecule has 16 heavy (non-hydrogen) atoms.